The highest BCUT2D eigenvalue weighted by Crippen LogP contribution is 2.70. The summed E-state index contributed by atoms with van der Waals surface area (Å²) in [6.45, 7) is 23.0. The van der Waals surface area contributed by atoms with Crippen LogP contribution in [0.15, 0.2) is 83.0 Å². The third-order valence-electron chi connectivity index (χ3n) is 25.3. The number of carbonyl (C=O) groups excluding carboxylic acids is 9. The highest BCUT2D eigenvalue weighted by molar-refractivity contribution is 6.39. The number of ether oxygens (including phenoxy) is 9. The van der Waals surface area contributed by atoms with Gasteiger partial charge in [-0.15, -0.1) is 0 Å². The van der Waals surface area contributed by atoms with Crippen molar-refractivity contribution in [2.24, 2.45) is 73.4 Å². The van der Waals surface area contributed by atoms with E-state index in [1.54, 1.807) is 131 Å². The van der Waals surface area contributed by atoms with Crippen molar-refractivity contribution in [2.45, 2.75) is 206 Å². The second-order valence-electron chi connectivity index (χ2n) is 31.4. The van der Waals surface area contributed by atoms with Gasteiger partial charge in [0.25, 0.3) is 0 Å². The second-order valence-corrected chi connectivity index (χ2v) is 31.4. The van der Waals surface area contributed by atoms with Crippen LogP contribution in [0, 0.1) is 56.2 Å². The van der Waals surface area contributed by atoms with Crippen molar-refractivity contribution in [3.05, 3.63) is 94.1 Å². The molecule has 2 aliphatic heterocycles. The van der Waals surface area contributed by atoms with Gasteiger partial charge in [-0.2, -0.15) is 0 Å². The molecular weight excluding hydrogens is 1350 g/mol. The number of Topliss-reactive ketones (excluding diaryl/α,β-unsaturated/α-hetero) is 2. The average molecular weight is 1450 g/mol. The van der Waals surface area contributed by atoms with Gasteiger partial charge >= 0.3 is 41.8 Å². The fraction of sp³-hybridized carbons (Fsp3) is 0.662. The lowest BCUT2D eigenvalue weighted by atomic mass is 9.40. The van der Waals surface area contributed by atoms with Crippen molar-refractivity contribution >= 4 is 67.9 Å². The largest absolute Gasteiger partial charge is 0.460 e. The Hall–Kier alpha value is -6.80. The molecule has 30 heteroatoms. The molecule has 6 fully saturated rings. The minimum atomic E-state index is -1.74. The molecule has 0 unspecified atom stereocenters. The molecule has 13 N–H and O–H groups in total. The van der Waals surface area contributed by atoms with Crippen molar-refractivity contribution in [3.8, 4) is 0 Å². The predicted octanol–water partition coefficient (Wildman–Crippen LogP) is 2.65. The van der Waals surface area contributed by atoms with E-state index >= 15 is 9.59 Å². The maximum absolute atomic E-state index is 15.3. The van der Waals surface area contributed by atoms with E-state index in [0.717, 1.165) is 0 Å². The Morgan fingerprint density at radius 2 is 0.923 bits per heavy atom. The molecule has 22 atom stereocenters. The zero-order valence-corrected chi connectivity index (χ0v) is 61.8. The Morgan fingerprint density at radius 3 is 1.27 bits per heavy atom. The van der Waals surface area contributed by atoms with Crippen molar-refractivity contribution in [2.75, 3.05) is 45.7 Å². The predicted molar refractivity (Wildman–Crippen MR) is 372 cm³/mol. The van der Waals surface area contributed by atoms with E-state index in [4.69, 9.17) is 59.8 Å². The maximum atomic E-state index is 15.3. The first-order valence-corrected chi connectivity index (χ1v) is 35.5. The molecule has 28 nitrogen and oxygen atoms in total. The van der Waals surface area contributed by atoms with Gasteiger partial charge in [-0.05, 0) is 103 Å². The molecule has 4 saturated carbocycles. The molecule has 2 radical (unpaired) electrons. The SMILES string of the molecule is CC(=O)O[C@H]1C(=O)[C@]2(C)[C@@H](OC(=O)CN)C[C@H]3OC[C@@]3(C)[C@H]2[C@H](C)[C@]2(O)C[C@H](OC(=O)[C@H](O)[C@@H]([B]CNO)c3ccccc3)C(C)=C1C2(C)C.CC(=O)O[C@H]1C(=O)[C@]2(C)[C@@H](OC(=O)CN)C[C@H]3OC[C@@]3(C)[C@H]2[C@H](C)[C@]2(O)C[C@H](OC(=O)[C@H](OC(=O)CN)[C@@H]([B]CNO)c3ccccc3)C(C)=C1C2(C)C. The molecule has 6 aliphatic carbocycles. The third kappa shape index (κ3) is 13.8. The number of benzene rings is 2. The van der Waals surface area contributed by atoms with Crippen LogP contribution in [0.25, 0.3) is 0 Å². The summed E-state index contributed by atoms with van der Waals surface area (Å²) in [4.78, 5) is 122. The summed E-state index contributed by atoms with van der Waals surface area (Å²) in [6.07, 6.45) is -11.5. The van der Waals surface area contributed by atoms with E-state index in [0.29, 0.717) is 22.3 Å². The third-order valence-corrected chi connectivity index (χ3v) is 25.3. The first kappa shape index (κ1) is 81.3. The Bertz CT molecular complexity index is 3680. The first-order chi connectivity index (χ1) is 48.7. The van der Waals surface area contributed by atoms with Gasteiger partial charge in [0.2, 0.25) is 0 Å². The van der Waals surface area contributed by atoms with Crippen LogP contribution in [0.1, 0.15) is 145 Å². The van der Waals surface area contributed by atoms with Gasteiger partial charge in [0.15, 0.2) is 36.0 Å². The monoisotopic (exact) mass is 1450 g/mol. The number of fused-ring (bicyclic) bond motifs is 10. The van der Waals surface area contributed by atoms with Gasteiger partial charge < -0.3 is 85.6 Å². The van der Waals surface area contributed by atoms with Gasteiger partial charge in [-0.1, -0.05) is 116 Å². The zero-order chi connectivity index (χ0) is 76.9. The van der Waals surface area contributed by atoms with E-state index in [9.17, 15) is 59.3 Å². The number of esters is 7. The summed E-state index contributed by atoms with van der Waals surface area (Å²) < 4.78 is 53.4. The molecule has 568 valence electrons. The minimum absolute atomic E-state index is 0.0285. The number of aliphatic hydroxyl groups is 3. The van der Waals surface area contributed by atoms with Crippen molar-refractivity contribution in [3.63, 3.8) is 0 Å². The van der Waals surface area contributed by atoms with Crippen molar-refractivity contribution < 1.29 is 112 Å². The summed E-state index contributed by atoms with van der Waals surface area (Å²) in [5, 5.41) is 56.5. The lowest BCUT2D eigenvalue weighted by molar-refractivity contribution is -0.304. The van der Waals surface area contributed by atoms with Crippen LogP contribution in [-0.4, -0.2) is 212 Å². The van der Waals surface area contributed by atoms with Gasteiger partial charge in [0.1, 0.15) is 39.0 Å². The van der Waals surface area contributed by atoms with Gasteiger partial charge in [-0.25, -0.2) is 20.5 Å². The summed E-state index contributed by atoms with van der Waals surface area (Å²) >= 11 is 0. The summed E-state index contributed by atoms with van der Waals surface area (Å²) in [6, 6.07) is 17.5. The van der Waals surface area contributed by atoms with Crippen LogP contribution >= 0.6 is 0 Å². The van der Waals surface area contributed by atoms with Crippen LogP contribution in [-0.2, 0) is 85.8 Å². The molecule has 0 amide bonds. The maximum Gasteiger partial charge on any atom is 0.347 e. The molecule has 10 rings (SSSR count). The molecule has 4 bridgehead atoms. The molecule has 0 aromatic heterocycles. The zero-order valence-electron chi connectivity index (χ0n) is 61.8. The topological polar surface area (TPSA) is 440 Å². The molecular formula is C74H103B2N5O23. The number of rotatable bonds is 22. The van der Waals surface area contributed by atoms with E-state index in [1.807, 2.05) is 38.7 Å². The molecule has 2 aromatic carbocycles. The van der Waals surface area contributed by atoms with E-state index < -0.39 is 213 Å². The molecule has 0 spiro atoms. The van der Waals surface area contributed by atoms with Crippen LogP contribution in [0.5, 0.6) is 0 Å². The lowest BCUT2D eigenvalue weighted by Gasteiger charge is -2.68. The van der Waals surface area contributed by atoms with E-state index in [1.165, 1.54) is 13.8 Å². The van der Waals surface area contributed by atoms with Crippen LogP contribution in [0.4, 0.5) is 0 Å². The van der Waals surface area contributed by atoms with Crippen molar-refractivity contribution in [1.82, 2.24) is 11.0 Å². The Balaban J connectivity index is 0.000000242. The summed E-state index contributed by atoms with van der Waals surface area (Å²) in [5.74, 6) is -11.3. The van der Waals surface area contributed by atoms with Crippen molar-refractivity contribution in [1.29, 1.82) is 0 Å². The second kappa shape index (κ2) is 30.8. The summed E-state index contributed by atoms with van der Waals surface area (Å²) in [5.41, 5.74) is 13.3. The van der Waals surface area contributed by atoms with Gasteiger partial charge in [-0.3, -0.25) is 33.6 Å². The average Bonchev–Trinajstić information content (AvgIpc) is 0.678. The Morgan fingerprint density at radius 1 is 0.558 bits per heavy atom. The number of carbonyl (C=O) groups is 9. The molecule has 2 aromatic rings. The Kier molecular flexibility index (Phi) is 24.1. The lowest BCUT2D eigenvalue weighted by Crippen LogP contribution is -2.75. The van der Waals surface area contributed by atoms with Crippen LogP contribution in [0.3, 0.4) is 0 Å². The van der Waals surface area contributed by atoms with Gasteiger partial charge in [0.05, 0.1) is 67.1 Å². The van der Waals surface area contributed by atoms with E-state index in [-0.39, 0.29) is 62.9 Å². The highest BCUT2D eigenvalue weighted by Gasteiger charge is 2.77. The van der Waals surface area contributed by atoms with Crippen LogP contribution in [0.2, 0.25) is 0 Å². The molecule has 8 aliphatic rings. The highest BCUT2D eigenvalue weighted by atomic mass is 16.6. The molecule has 104 heavy (non-hydrogen) atoms. The first-order valence-electron chi connectivity index (χ1n) is 35.5. The number of nitrogens with one attached hydrogen (secondary N) is 2. The number of hydroxylamine groups is 2. The number of hydrogen-bond donors (Lipinski definition) is 10. The fourth-order valence-corrected chi connectivity index (χ4v) is 20.0. The minimum Gasteiger partial charge on any atom is -0.460 e. The normalized spacial score (nSPS) is 36.0. The molecule has 2 heterocycles. The number of ketones is 2. The molecule has 2 saturated heterocycles. The number of nitrogens with two attached hydrogens (primary N) is 3. The smallest absolute Gasteiger partial charge is 0.347 e. The Labute approximate surface area is 607 Å². The number of aliphatic hydroxyl groups excluding tert-OH is 1. The van der Waals surface area contributed by atoms with E-state index in [2.05, 4.69) is 0 Å². The fourth-order valence-electron chi connectivity index (χ4n) is 20.0. The standard InChI is InChI=1S/C38H53BN3O12.C36H50BN2O11/c1-19-23(52-34(47)31(54-27(45)16-41)29(39-18-42-49)22-11-9-8-10-12-22)14-38(48)20(2)32-36(6)17-50-24(36)13-25(53-26(44)15-40)37(32,7)33(46)30(51-21(3)43)28(19)35(38,4)5;1-18-22(49-32(44)28(42)27(37-17-39-46)21-11-9-8-10-12-21)14-36(45)19(2)30-34(6)16-47-23(34)13-24(50-25(41)15-38)35(30,7)31(43)29(48-20(3)40)26(18)33(36,4)5/h8-12,20,23-25,29-32,42,48-49H,13-18,40-41H2,1-7H3;8-12,19,22-24,27-30,39,42,45-46H,13-17,38H2,1-7H3/t20-,23-,24+,25-,29-,30+,31+,32+,36+,37+,38+;19-,22-,23+,24-,27-,28+,29+,30+,34+,35+,36+/m00/s1. The number of hydrogen-bond acceptors (Lipinski definition) is 28. The quantitative estimate of drug-likeness (QED) is 0.0266. The summed E-state index contributed by atoms with van der Waals surface area (Å²) in [7, 11) is 3.09. The van der Waals surface area contributed by atoms with Crippen LogP contribution < -0.4 is 28.2 Å². The van der Waals surface area contributed by atoms with Gasteiger partial charge in [0, 0.05) is 67.0 Å².